The number of nitrogens with zero attached hydrogens (tertiary/aromatic N) is 3. The molecule has 2 fully saturated rings. The van der Waals surface area contributed by atoms with E-state index in [1.54, 1.807) is 11.0 Å². The molecule has 0 unspecified atom stereocenters. The predicted molar refractivity (Wildman–Crippen MR) is 98.8 cm³/mol. The number of likely N-dealkylation sites (N-methyl/N-ethyl adjacent to an activating group) is 1. The van der Waals surface area contributed by atoms with Gasteiger partial charge in [-0.25, -0.2) is 4.39 Å². The minimum atomic E-state index is -1.09. The van der Waals surface area contributed by atoms with Crippen LogP contribution in [0.5, 0.6) is 0 Å². The van der Waals surface area contributed by atoms with Crippen LogP contribution < -0.4 is 0 Å². The van der Waals surface area contributed by atoms with Gasteiger partial charge in [-0.15, -0.1) is 0 Å². The number of fused-ring (bicyclic) bond motifs is 1. The molecule has 27 heavy (non-hydrogen) atoms. The van der Waals surface area contributed by atoms with Gasteiger partial charge in [0.05, 0.1) is 5.69 Å². The topological polar surface area (TPSA) is 69.8 Å². The summed E-state index contributed by atoms with van der Waals surface area (Å²) in [6.07, 6.45) is 3.10. The third-order valence-corrected chi connectivity index (χ3v) is 5.91. The summed E-state index contributed by atoms with van der Waals surface area (Å²) in [5, 5.41) is 15.1. The molecular weight excluding hydrogens is 349 g/mol. The maximum Gasteiger partial charge on any atom is 0.254 e. The summed E-state index contributed by atoms with van der Waals surface area (Å²) < 4.78 is 18.6. The molecule has 1 saturated heterocycles. The van der Waals surface area contributed by atoms with E-state index < -0.39 is 5.60 Å². The first kappa shape index (κ1) is 18.4. The van der Waals surface area contributed by atoms with Crippen molar-refractivity contribution < 1.29 is 18.8 Å². The van der Waals surface area contributed by atoms with Crippen LogP contribution in [0.2, 0.25) is 0 Å². The lowest BCUT2D eigenvalue weighted by Gasteiger charge is -2.33. The third-order valence-electron chi connectivity index (χ3n) is 5.91. The Hall–Kier alpha value is -1.99. The van der Waals surface area contributed by atoms with E-state index in [2.05, 4.69) is 10.1 Å². The van der Waals surface area contributed by atoms with E-state index in [-0.39, 0.29) is 11.7 Å². The van der Waals surface area contributed by atoms with Crippen molar-refractivity contribution in [1.82, 2.24) is 15.0 Å². The summed E-state index contributed by atoms with van der Waals surface area (Å²) >= 11 is 0. The van der Waals surface area contributed by atoms with Crippen LogP contribution in [0.1, 0.15) is 44.2 Å². The molecule has 2 aliphatic rings. The van der Waals surface area contributed by atoms with Crippen molar-refractivity contribution in [3.8, 4) is 0 Å². The second-order valence-electron chi connectivity index (χ2n) is 7.74. The normalized spacial score (nSPS) is 20.1. The van der Waals surface area contributed by atoms with E-state index in [4.69, 9.17) is 4.52 Å². The number of piperidine rings is 1. The smallest absolute Gasteiger partial charge is 0.254 e. The first-order chi connectivity index (χ1) is 13.0. The van der Waals surface area contributed by atoms with Crippen LogP contribution in [0.3, 0.4) is 0 Å². The van der Waals surface area contributed by atoms with E-state index >= 15 is 0 Å². The van der Waals surface area contributed by atoms with Crippen LogP contribution in [0.4, 0.5) is 4.39 Å². The number of benzene rings is 1. The van der Waals surface area contributed by atoms with E-state index in [9.17, 15) is 14.3 Å². The average molecular weight is 375 g/mol. The number of aliphatic hydroxyl groups is 1. The average Bonchev–Trinajstić information content (AvgIpc) is 3.30. The summed E-state index contributed by atoms with van der Waals surface area (Å²) in [6.45, 7) is 5.89. The lowest BCUT2D eigenvalue weighted by Crippen LogP contribution is -2.45. The molecule has 7 heteroatoms. The summed E-state index contributed by atoms with van der Waals surface area (Å²) in [4.78, 5) is 16.4. The minimum Gasteiger partial charge on any atom is -0.380 e. The monoisotopic (exact) mass is 375 g/mol. The fourth-order valence-corrected chi connectivity index (χ4v) is 3.95. The zero-order valence-corrected chi connectivity index (χ0v) is 15.7. The van der Waals surface area contributed by atoms with Gasteiger partial charge in [0, 0.05) is 37.0 Å². The molecule has 1 N–H and O–H groups in total. The quantitative estimate of drug-likeness (QED) is 0.840. The molecule has 146 valence electrons. The third kappa shape index (κ3) is 3.71. The van der Waals surface area contributed by atoms with Gasteiger partial charge in [0.1, 0.15) is 11.4 Å². The molecule has 6 nitrogen and oxygen atoms in total. The van der Waals surface area contributed by atoms with Gasteiger partial charge in [0.15, 0.2) is 5.58 Å². The fraction of sp³-hybridized carbons (Fsp3) is 0.600. The molecular formula is C20H26FN3O3. The van der Waals surface area contributed by atoms with Crippen LogP contribution in [-0.4, -0.2) is 64.3 Å². The Kier molecular flexibility index (Phi) is 4.90. The molecule has 4 rings (SSSR count). The molecule has 1 aliphatic carbocycles. The number of carbonyl (C=O) groups is 1. The second-order valence-corrected chi connectivity index (χ2v) is 7.74. The lowest BCUT2D eigenvalue weighted by atomic mass is 9.91. The number of hydrogen-bond acceptors (Lipinski definition) is 5. The molecule has 1 amide bonds. The van der Waals surface area contributed by atoms with E-state index in [1.807, 2.05) is 6.92 Å². The Labute approximate surface area is 157 Å². The highest BCUT2D eigenvalue weighted by Crippen LogP contribution is 2.37. The zero-order valence-electron chi connectivity index (χ0n) is 15.7. The molecule has 2 aromatic rings. The van der Waals surface area contributed by atoms with Crippen molar-refractivity contribution in [1.29, 1.82) is 0 Å². The van der Waals surface area contributed by atoms with E-state index in [0.29, 0.717) is 37.4 Å². The summed E-state index contributed by atoms with van der Waals surface area (Å²) in [5.41, 5.74) is 0.338. The Morgan fingerprint density at radius 1 is 1.41 bits per heavy atom. The largest absolute Gasteiger partial charge is 0.380 e. The van der Waals surface area contributed by atoms with Crippen LogP contribution in [-0.2, 0) is 4.79 Å². The fourth-order valence-electron chi connectivity index (χ4n) is 3.95. The number of rotatable bonds is 6. The number of likely N-dealkylation sites (tertiary alicyclic amines) is 1. The Morgan fingerprint density at radius 3 is 2.81 bits per heavy atom. The molecule has 0 bridgehead atoms. The van der Waals surface area contributed by atoms with Gasteiger partial charge in [-0.3, -0.25) is 4.79 Å². The standard InChI is InChI=1S/C20H26FN3O3/c1-2-24(19(25)20(26)7-8-20)12-11-23-9-5-14(6-10-23)18-16-4-3-15(21)13-17(16)27-22-18/h3-4,13-14,26H,2,5-12H2,1H3. The molecule has 0 spiro atoms. The van der Waals surface area contributed by atoms with Crippen molar-refractivity contribution in [2.75, 3.05) is 32.7 Å². The van der Waals surface area contributed by atoms with Crippen molar-refractivity contribution in [3.05, 3.63) is 29.7 Å². The number of aromatic nitrogens is 1. The number of carbonyl (C=O) groups excluding carboxylic acids is 1. The van der Waals surface area contributed by atoms with Gasteiger partial charge < -0.3 is 19.4 Å². The number of hydrogen-bond donors (Lipinski definition) is 1. The Balaban J connectivity index is 1.31. The van der Waals surface area contributed by atoms with Gasteiger partial charge >= 0.3 is 0 Å². The SMILES string of the molecule is CCN(CCN1CCC(c2noc3cc(F)ccc23)CC1)C(=O)C1(O)CC1. The maximum atomic E-state index is 13.3. The van der Waals surface area contributed by atoms with Crippen LogP contribution in [0.25, 0.3) is 11.0 Å². The van der Waals surface area contributed by atoms with Gasteiger partial charge in [-0.1, -0.05) is 5.16 Å². The first-order valence-corrected chi connectivity index (χ1v) is 9.79. The van der Waals surface area contributed by atoms with Crippen molar-refractivity contribution in [2.24, 2.45) is 0 Å². The van der Waals surface area contributed by atoms with E-state index in [0.717, 1.165) is 43.6 Å². The van der Waals surface area contributed by atoms with Crippen molar-refractivity contribution in [2.45, 2.75) is 44.1 Å². The second kappa shape index (κ2) is 7.20. The van der Waals surface area contributed by atoms with Gasteiger partial charge in [-0.2, -0.15) is 0 Å². The maximum absolute atomic E-state index is 13.3. The van der Waals surface area contributed by atoms with Gasteiger partial charge in [-0.05, 0) is 57.8 Å². The van der Waals surface area contributed by atoms with E-state index in [1.165, 1.54) is 12.1 Å². The lowest BCUT2D eigenvalue weighted by molar-refractivity contribution is -0.142. The molecule has 1 aromatic heterocycles. The minimum absolute atomic E-state index is 0.124. The van der Waals surface area contributed by atoms with Crippen LogP contribution >= 0.6 is 0 Å². The summed E-state index contributed by atoms with van der Waals surface area (Å²) in [7, 11) is 0. The van der Waals surface area contributed by atoms with Crippen molar-refractivity contribution in [3.63, 3.8) is 0 Å². The molecule has 1 aromatic carbocycles. The summed E-state index contributed by atoms with van der Waals surface area (Å²) in [5.74, 6) is -0.129. The summed E-state index contributed by atoms with van der Waals surface area (Å²) in [6, 6.07) is 4.57. The molecule has 1 saturated carbocycles. The number of halogens is 1. The number of amides is 1. The van der Waals surface area contributed by atoms with Crippen LogP contribution in [0, 0.1) is 5.82 Å². The predicted octanol–water partition coefficient (Wildman–Crippen LogP) is 2.52. The highest BCUT2D eigenvalue weighted by atomic mass is 19.1. The van der Waals surface area contributed by atoms with Crippen molar-refractivity contribution >= 4 is 16.9 Å². The Morgan fingerprint density at radius 2 is 2.15 bits per heavy atom. The molecule has 1 aliphatic heterocycles. The highest BCUT2D eigenvalue weighted by Gasteiger charge is 2.49. The van der Waals surface area contributed by atoms with Gasteiger partial charge in [0.2, 0.25) is 0 Å². The molecule has 0 atom stereocenters. The van der Waals surface area contributed by atoms with Crippen LogP contribution in [0.15, 0.2) is 22.7 Å². The molecule has 0 radical (unpaired) electrons. The first-order valence-electron chi connectivity index (χ1n) is 9.79. The zero-order chi connectivity index (χ0) is 19.0. The highest BCUT2D eigenvalue weighted by molar-refractivity contribution is 5.87. The molecule has 2 heterocycles. The Bertz CT molecular complexity index is 825. The van der Waals surface area contributed by atoms with Gasteiger partial charge in [0.25, 0.3) is 5.91 Å².